The zero-order chi connectivity index (χ0) is 20.3. The lowest BCUT2D eigenvalue weighted by Gasteiger charge is -2.08. The first-order chi connectivity index (χ1) is 14.0. The minimum Gasteiger partial charge on any atom is -0.468 e. The third-order valence-electron chi connectivity index (χ3n) is 4.29. The minimum atomic E-state index is -3.71. The smallest absolute Gasteiger partial charge is 0.255 e. The van der Waals surface area contributed by atoms with Gasteiger partial charge in [0.15, 0.2) is 0 Å². The predicted molar refractivity (Wildman–Crippen MR) is 109 cm³/mol. The Morgan fingerprint density at radius 1 is 1.00 bits per heavy atom. The number of anilines is 1. The summed E-state index contributed by atoms with van der Waals surface area (Å²) in [6, 6.07) is 18.5. The van der Waals surface area contributed by atoms with Crippen LogP contribution < -0.4 is 10.0 Å². The number of carbonyl (C=O) groups excluding carboxylic acids is 1. The van der Waals surface area contributed by atoms with Crippen LogP contribution in [0.3, 0.4) is 0 Å². The average Bonchev–Trinajstić information content (AvgIpc) is 3.26. The van der Waals surface area contributed by atoms with Gasteiger partial charge in [0.25, 0.3) is 5.91 Å². The number of fused-ring (bicyclic) bond motifs is 1. The fraction of sp³-hybridized carbons (Fsp3) is 0.0476. The van der Waals surface area contributed by atoms with Crippen molar-refractivity contribution in [1.82, 2.24) is 9.71 Å². The summed E-state index contributed by atoms with van der Waals surface area (Å²) in [7, 11) is -3.71. The second kappa shape index (κ2) is 7.86. The lowest BCUT2D eigenvalue weighted by molar-refractivity contribution is 0.102. The van der Waals surface area contributed by atoms with Gasteiger partial charge in [0.2, 0.25) is 10.0 Å². The highest BCUT2D eigenvalue weighted by atomic mass is 32.2. The number of rotatable bonds is 6. The van der Waals surface area contributed by atoms with Crippen LogP contribution in [0.15, 0.2) is 88.5 Å². The molecular formula is C21H17N3O4S. The molecule has 4 aromatic rings. The molecule has 8 heteroatoms. The van der Waals surface area contributed by atoms with E-state index >= 15 is 0 Å². The van der Waals surface area contributed by atoms with Crippen LogP contribution in [-0.4, -0.2) is 19.3 Å². The molecule has 0 atom stereocenters. The summed E-state index contributed by atoms with van der Waals surface area (Å²) in [4.78, 5) is 16.8. The van der Waals surface area contributed by atoms with Crippen molar-refractivity contribution in [2.45, 2.75) is 11.4 Å². The van der Waals surface area contributed by atoms with Gasteiger partial charge in [-0.1, -0.05) is 18.2 Å². The summed E-state index contributed by atoms with van der Waals surface area (Å²) in [6.45, 7) is 0.0481. The molecule has 0 spiro atoms. The number of nitrogens with zero attached hydrogens (tertiary/aromatic N) is 1. The van der Waals surface area contributed by atoms with Crippen LogP contribution in [0.25, 0.3) is 10.9 Å². The number of carbonyl (C=O) groups is 1. The Kier molecular flexibility index (Phi) is 5.11. The summed E-state index contributed by atoms with van der Waals surface area (Å²) < 4.78 is 32.3. The second-order valence-corrected chi connectivity index (χ2v) is 8.07. The number of hydrogen-bond donors (Lipinski definition) is 2. The molecule has 2 N–H and O–H groups in total. The molecule has 0 radical (unpaired) electrons. The molecule has 146 valence electrons. The molecule has 2 heterocycles. The van der Waals surface area contributed by atoms with Crippen LogP contribution >= 0.6 is 0 Å². The number of sulfonamides is 1. The molecule has 0 saturated heterocycles. The number of amides is 1. The molecule has 1 amide bonds. The highest BCUT2D eigenvalue weighted by Gasteiger charge is 2.15. The van der Waals surface area contributed by atoms with Gasteiger partial charge < -0.3 is 9.73 Å². The Bertz CT molecular complexity index is 1250. The van der Waals surface area contributed by atoms with Crippen molar-refractivity contribution in [3.63, 3.8) is 0 Å². The first kappa shape index (κ1) is 18.9. The number of furan rings is 1. The van der Waals surface area contributed by atoms with E-state index in [-0.39, 0.29) is 17.3 Å². The zero-order valence-electron chi connectivity index (χ0n) is 15.2. The second-order valence-electron chi connectivity index (χ2n) is 6.30. The van der Waals surface area contributed by atoms with Gasteiger partial charge in [0.05, 0.1) is 35.1 Å². The SMILES string of the molecule is O=C(Nc1cnc2ccccc2c1)c1ccc(S(=O)(=O)NCc2ccco2)cc1. The van der Waals surface area contributed by atoms with Crippen molar-refractivity contribution < 1.29 is 17.6 Å². The van der Waals surface area contributed by atoms with Crippen molar-refractivity contribution >= 4 is 32.5 Å². The molecule has 0 aliphatic heterocycles. The maximum Gasteiger partial charge on any atom is 0.255 e. The van der Waals surface area contributed by atoms with Crippen LogP contribution in [0.4, 0.5) is 5.69 Å². The van der Waals surface area contributed by atoms with Crippen molar-refractivity contribution in [3.05, 3.63) is 90.5 Å². The Morgan fingerprint density at radius 2 is 1.79 bits per heavy atom. The summed E-state index contributed by atoms with van der Waals surface area (Å²) in [6.07, 6.45) is 3.06. The van der Waals surface area contributed by atoms with E-state index in [1.165, 1.54) is 30.5 Å². The van der Waals surface area contributed by atoms with Crippen LogP contribution in [0.2, 0.25) is 0 Å². The van der Waals surface area contributed by atoms with E-state index in [2.05, 4.69) is 15.0 Å². The number of para-hydroxylation sites is 1. The van der Waals surface area contributed by atoms with Gasteiger partial charge in [-0.15, -0.1) is 0 Å². The minimum absolute atomic E-state index is 0.0481. The standard InChI is InChI=1S/C21H17N3O4S/c25-21(24-17-12-16-4-1-2-6-20(16)22-13-17)15-7-9-19(10-8-15)29(26,27)23-14-18-5-3-11-28-18/h1-13,23H,14H2,(H,24,25). The van der Waals surface area contributed by atoms with Gasteiger partial charge in [0, 0.05) is 10.9 Å². The maximum absolute atomic E-state index is 12.5. The summed E-state index contributed by atoms with van der Waals surface area (Å²) in [5.41, 5.74) is 1.73. The molecule has 2 aromatic heterocycles. The number of benzene rings is 2. The molecule has 0 fully saturated rings. The Labute approximate surface area is 167 Å². The predicted octanol–water partition coefficient (Wildman–Crippen LogP) is 3.56. The van der Waals surface area contributed by atoms with Crippen LogP contribution in [0.1, 0.15) is 16.1 Å². The van der Waals surface area contributed by atoms with E-state index < -0.39 is 10.0 Å². The van der Waals surface area contributed by atoms with Crippen molar-refractivity contribution in [3.8, 4) is 0 Å². The molecule has 2 aromatic carbocycles. The molecule has 4 rings (SSSR count). The zero-order valence-corrected chi connectivity index (χ0v) is 16.0. The third kappa shape index (κ3) is 4.34. The van der Waals surface area contributed by atoms with Crippen molar-refractivity contribution in [2.24, 2.45) is 0 Å². The molecule has 7 nitrogen and oxygen atoms in total. The molecule has 0 bridgehead atoms. The van der Waals surface area contributed by atoms with Crippen molar-refractivity contribution in [1.29, 1.82) is 0 Å². The first-order valence-corrected chi connectivity index (χ1v) is 10.3. The van der Waals surface area contributed by atoms with E-state index in [0.717, 1.165) is 10.9 Å². The van der Waals surface area contributed by atoms with E-state index in [0.29, 0.717) is 17.0 Å². The average molecular weight is 407 g/mol. The van der Waals surface area contributed by atoms with Crippen LogP contribution in [-0.2, 0) is 16.6 Å². The molecular weight excluding hydrogens is 390 g/mol. The Hall–Kier alpha value is -3.49. The number of nitrogens with one attached hydrogen (secondary N) is 2. The summed E-state index contributed by atoms with van der Waals surface area (Å²) in [5.74, 6) is 0.156. The van der Waals surface area contributed by atoms with E-state index in [1.54, 1.807) is 18.3 Å². The van der Waals surface area contributed by atoms with Crippen molar-refractivity contribution in [2.75, 3.05) is 5.32 Å². The quantitative estimate of drug-likeness (QED) is 0.509. The number of aromatic nitrogens is 1. The normalized spacial score (nSPS) is 11.4. The maximum atomic E-state index is 12.5. The highest BCUT2D eigenvalue weighted by molar-refractivity contribution is 7.89. The largest absolute Gasteiger partial charge is 0.468 e. The molecule has 0 aliphatic rings. The lowest BCUT2D eigenvalue weighted by atomic mass is 10.2. The fourth-order valence-electron chi connectivity index (χ4n) is 2.79. The van der Waals surface area contributed by atoms with Gasteiger partial charge in [-0.2, -0.15) is 0 Å². The van der Waals surface area contributed by atoms with Gasteiger partial charge in [-0.25, -0.2) is 13.1 Å². The van der Waals surface area contributed by atoms with Gasteiger partial charge in [0.1, 0.15) is 5.76 Å². The molecule has 29 heavy (non-hydrogen) atoms. The topological polar surface area (TPSA) is 101 Å². The van der Waals surface area contributed by atoms with Gasteiger partial charge in [-0.3, -0.25) is 9.78 Å². The van der Waals surface area contributed by atoms with E-state index in [1.807, 2.05) is 30.3 Å². The molecule has 0 aliphatic carbocycles. The van der Waals surface area contributed by atoms with Crippen LogP contribution in [0.5, 0.6) is 0 Å². The third-order valence-corrected chi connectivity index (χ3v) is 5.71. The number of pyridine rings is 1. The summed E-state index contributed by atoms with van der Waals surface area (Å²) in [5, 5.41) is 3.68. The fourth-order valence-corrected chi connectivity index (χ4v) is 3.78. The Morgan fingerprint density at radius 3 is 2.55 bits per heavy atom. The van der Waals surface area contributed by atoms with Gasteiger partial charge >= 0.3 is 0 Å². The summed E-state index contributed by atoms with van der Waals surface area (Å²) >= 11 is 0. The highest BCUT2D eigenvalue weighted by Crippen LogP contribution is 2.18. The van der Waals surface area contributed by atoms with E-state index in [4.69, 9.17) is 4.42 Å². The first-order valence-electron chi connectivity index (χ1n) is 8.79. The van der Waals surface area contributed by atoms with E-state index in [9.17, 15) is 13.2 Å². The molecule has 0 saturated carbocycles. The number of hydrogen-bond acceptors (Lipinski definition) is 5. The monoisotopic (exact) mass is 407 g/mol. The van der Waals surface area contributed by atoms with Crippen LogP contribution in [0, 0.1) is 0 Å². The van der Waals surface area contributed by atoms with Gasteiger partial charge in [-0.05, 0) is 48.5 Å². The lowest BCUT2D eigenvalue weighted by Crippen LogP contribution is -2.23. The molecule has 0 unspecified atom stereocenters. The Balaban J connectivity index is 1.45.